The molecule has 2 aliphatic rings. The van der Waals surface area contributed by atoms with E-state index in [1.54, 1.807) is 0 Å². The van der Waals surface area contributed by atoms with Gasteiger partial charge in [0.05, 0.1) is 19.8 Å². The van der Waals surface area contributed by atoms with Gasteiger partial charge < -0.3 is 20.1 Å². The Balaban J connectivity index is 1.74. The molecule has 0 saturated carbocycles. The molecule has 5 nitrogen and oxygen atoms in total. The van der Waals surface area contributed by atoms with Crippen LogP contribution in [-0.4, -0.2) is 85.6 Å². The van der Waals surface area contributed by atoms with Crippen molar-refractivity contribution in [3.63, 3.8) is 0 Å². The summed E-state index contributed by atoms with van der Waals surface area (Å²) in [6.07, 6.45) is 1.25. The van der Waals surface area contributed by atoms with E-state index < -0.39 is 0 Å². The van der Waals surface area contributed by atoms with Crippen molar-refractivity contribution in [1.29, 1.82) is 0 Å². The lowest BCUT2D eigenvalue weighted by Crippen LogP contribution is -2.47. The van der Waals surface area contributed by atoms with E-state index in [1.165, 1.54) is 6.42 Å². The predicted octanol–water partition coefficient (Wildman–Crippen LogP) is -0.248. The highest BCUT2D eigenvalue weighted by atomic mass is 16.5. The lowest BCUT2D eigenvalue weighted by molar-refractivity contribution is 0.0182. The van der Waals surface area contributed by atoms with Crippen molar-refractivity contribution >= 4 is 0 Å². The zero-order valence-corrected chi connectivity index (χ0v) is 12.3. The van der Waals surface area contributed by atoms with E-state index in [0.29, 0.717) is 12.1 Å². The standard InChI is InChI=1S/C14H29N3O2/c1-12(2)15-13(11-18)9-16-4-3-14(10-16)17-5-7-19-8-6-17/h12-15,18H,3-11H2,1-2H3. The summed E-state index contributed by atoms with van der Waals surface area (Å²) in [7, 11) is 0. The van der Waals surface area contributed by atoms with Gasteiger partial charge in [-0.1, -0.05) is 13.8 Å². The first-order valence-electron chi connectivity index (χ1n) is 7.60. The Morgan fingerprint density at radius 3 is 2.63 bits per heavy atom. The zero-order chi connectivity index (χ0) is 13.7. The maximum Gasteiger partial charge on any atom is 0.0597 e. The molecule has 0 aromatic carbocycles. The fourth-order valence-corrected chi connectivity index (χ4v) is 3.16. The van der Waals surface area contributed by atoms with Crippen LogP contribution in [0.2, 0.25) is 0 Å². The van der Waals surface area contributed by atoms with Crippen LogP contribution in [-0.2, 0) is 4.74 Å². The molecular weight excluding hydrogens is 242 g/mol. The molecule has 0 aliphatic carbocycles. The molecule has 0 bridgehead atoms. The summed E-state index contributed by atoms with van der Waals surface area (Å²) in [5.74, 6) is 0. The summed E-state index contributed by atoms with van der Waals surface area (Å²) in [4.78, 5) is 5.05. The normalized spacial score (nSPS) is 28.1. The maximum atomic E-state index is 9.43. The number of aliphatic hydroxyl groups is 1. The van der Waals surface area contributed by atoms with E-state index in [0.717, 1.165) is 45.9 Å². The molecule has 112 valence electrons. The van der Waals surface area contributed by atoms with Gasteiger partial charge in [-0.2, -0.15) is 0 Å². The average molecular weight is 271 g/mol. The molecule has 2 unspecified atom stereocenters. The molecule has 2 rings (SSSR count). The van der Waals surface area contributed by atoms with Gasteiger partial charge in [-0.15, -0.1) is 0 Å². The molecule has 0 aromatic rings. The van der Waals surface area contributed by atoms with Crippen LogP contribution >= 0.6 is 0 Å². The van der Waals surface area contributed by atoms with Gasteiger partial charge in [-0.05, 0) is 13.0 Å². The molecule has 2 aliphatic heterocycles. The Bertz CT molecular complexity index is 257. The number of hydrogen-bond acceptors (Lipinski definition) is 5. The fraction of sp³-hybridized carbons (Fsp3) is 1.00. The number of likely N-dealkylation sites (tertiary alicyclic amines) is 1. The van der Waals surface area contributed by atoms with Crippen molar-refractivity contribution in [2.45, 2.75) is 38.4 Å². The first-order chi connectivity index (χ1) is 9.19. The molecule has 2 heterocycles. The second-order valence-electron chi connectivity index (χ2n) is 6.05. The van der Waals surface area contributed by atoms with Crippen molar-refractivity contribution in [2.24, 2.45) is 0 Å². The highest BCUT2D eigenvalue weighted by Gasteiger charge is 2.29. The Morgan fingerprint density at radius 2 is 2.00 bits per heavy atom. The molecule has 2 saturated heterocycles. The van der Waals surface area contributed by atoms with E-state index >= 15 is 0 Å². The summed E-state index contributed by atoms with van der Waals surface area (Å²) >= 11 is 0. The Morgan fingerprint density at radius 1 is 1.26 bits per heavy atom. The van der Waals surface area contributed by atoms with Crippen LogP contribution < -0.4 is 5.32 Å². The van der Waals surface area contributed by atoms with Crippen molar-refractivity contribution in [2.75, 3.05) is 52.5 Å². The lowest BCUT2D eigenvalue weighted by atomic mass is 10.2. The number of ether oxygens (including phenoxy) is 1. The number of nitrogens with zero attached hydrogens (tertiary/aromatic N) is 2. The maximum absolute atomic E-state index is 9.43. The van der Waals surface area contributed by atoms with Crippen LogP contribution in [0.5, 0.6) is 0 Å². The quantitative estimate of drug-likeness (QED) is 0.698. The minimum Gasteiger partial charge on any atom is -0.395 e. The Hall–Kier alpha value is -0.200. The monoisotopic (exact) mass is 271 g/mol. The van der Waals surface area contributed by atoms with Gasteiger partial charge in [0, 0.05) is 44.3 Å². The smallest absolute Gasteiger partial charge is 0.0597 e. The van der Waals surface area contributed by atoms with Gasteiger partial charge >= 0.3 is 0 Å². The highest BCUT2D eigenvalue weighted by molar-refractivity contribution is 4.86. The summed E-state index contributed by atoms with van der Waals surface area (Å²) in [5.41, 5.74) is 0. The Labute approximate surface area is 116 Å². The predicted molar refractivity (Wildman–Crippen MR) is 76.4 cm³/mol. The lowest BCUT2D eigenvalue weighted by Gasteiger charge is -2.32. The summed E-state index contributed by atoms with van der Waals surface area (Å²) < 4.78 is 5.41. The molecule has 0 aromatic heterocycles. The van der Waals surface area contributed by atoms with Crippen LogP contribution in [0, 0.1) is 0 Å². The SMILES string of the molecule is CC(C)NC(CO)CN1CCC(N2CCOCC2)C1. The van der Waals surface area contributed by atoms with Crippen molar-refractivity contribution in [1.82, 2.24) is 15.1 Å². The second-order valence-corrected chi connectivity index (χ2v) is 6.05. The number of rotatable bonds is 6. The zero-order valence-electron chi connectivity index (χ0n) is 12.3. The molecule has 5 heteroatoms. The van der Waals surface area contributed by atoms with Crippen LogP contribution in [0.25, 0.3) is 0 Å². The van der Waals surface area contributed by atoms with Gasteiger partial charge in [0.15, 0.2) is 0 Å². The molecule has 2 fully saturated rings. The number of aliphatic hydroxyl groups excluding tert-OH is 1. The highest BCUT2D eigenvalue weighted by Crippen LogP contribution is 2.17. The van der Waals surface area contributed by atoms with Crippen molar-refractivity contribution in [3.05, 3.63) is 0 Å². The van der Waals surface area contributed by atoms with E-state index in [-0.39, 0.29) is 12.6 Å². The van der Waals surface area contributed by atoms with Crippen LogP contribution in [0.4, 0.5) is 0 Å². The molecule has 0 spiro atoms. The van der Waals surface area contributed by atoms with Crippen LogP contribution in [0.15, 0.2) is 0 Å². The van der Waals surface area contributed by atoms with Gasteiger partial charge in [-0.3, -0.25) is 4.90 Å². The third-order valence-electron chi connectivity index (χ3n) is 4.08. The second kappa shape index (κ2) is 7.55. The van der Waals surface area contributed by atoms with E-state index in [1.807, 2.05) is 0 Å². The molecule has 0 radical (unpaired) electrons. The van der Waals surface area contributed by atoms with E-state index in [2.05, 4.69) is 29.0 Å². The van der Waals surface area contributed by atoms with Gasteiger partial charge in [0.1, 0.15) is 0 Å². The number of hydrogen-bond donors (Lipinski definition) is 2. The minimum atomic E-state index is 0.198. The van der Waals surface area contributed by atoms with Gasteiger partial charge in [-0.25, -0.2) is 0 Å². The molecule has 0 amide bonds. The number of morpholine rings is 1. The number of nitrogens with one attached hydrogen (secondary N) is 1. The summed E-state index contributed by atoms with van der Waals surface area (Å²) in [6.45, 7) is 11.6. The molecule has 2 N–H and O–H groups in total. The average Bonchev–Trinajstić information content (AvgIpc) is 2.87. The van der Waals surface area contributed by atoms with E-state index in [4.69, 9.17) is 4.74 Å². The third-order valence-corrected chi connectivity index (χ3v) is 4.08. The summed E-state index contributed by atoms with van der Waals surface area (Å²) in [6, 6.07) is 1.31. The third kappa shape index (κ3) is 4.68. The molecular formula is C14H29N3O2. The first kappa shape index (κ1) is 15.2. The minimum absolute atomic E-state index is 0.198. The topological polar surface area (TPSA) is 48.0 Å². The van der Waals surface area contributed by atoms with Crippen LogP contribution in [0.3, 0.4) is 0 Å². The molecule has 2 atom stereocenters. The van der Waals surface area contributed by atoms with Gasteiger partial charge in [0.25, 0.3) is 0 Å². The van der Waals surface area contributed by atoms with E-state index in [9.17, 15) is 5.11 Å². The molecule has 19 heavy (non-hydrogen) atoms. The van der Waals surface area contributed by atoms with Crippen molar-refractivity contribution < 1.29 is 9.84 Å². The summed E-state index contributed by atoms with van der Waals surface area (Å²) in [5, 5.41) is 12.9. The fourth-order valence-electron chi connectivity index (χ4n) is 3.16. The largest absolute Gasteiger partial charge is 0.395 e. The Kier molecular flexibility index (Phi) is 6.04. The van der Waals surface area contributed by atoms with Gasteiger partial charge in [0.2, 0.25) is 0 Å². The first-order valence-corrected chi connectivity index (χ1v) is 7.60. The van der Waals surface area contributed by atoms with Crippen LogP contribution in [0.1, 0.15) is 20.3 Å². The van der Waals surface area contributed by atoms with Crippen molar-refractivity contribution in [3.8, 4) is 0 Å².